The number of benzene rings is 2. The zero-order valence-electron chi connectivity index (χ0n) is 20.1. The molecule has 2 aromatic rings. The topological polar surface area (TPSA) is 65.1 Å². The van der Waals surface area contributed by atoms with Crippen LogP contribution in [0.3, 0.4) is 0 Å². The van der Waals surface area contributed by atoms with Crippen molar-refractivity contribution in [2.75, 3.05) is 25.7 Å². The molecule has 4 rings (SSSR count). The van der Waals surface area contributed by atoms with E-state index in [0.29, 0.717) is 18.0 Å². The Hall–Kier alpha value is -3.46. The molecule has 0 radical (unpaired) electrons. The Labute approximate surface area is 201 Å². The van der Waals surface area contributed by atoms with E-state index >= 15 is 0 Å². The molecule has 1 fully saturated rings. The first-order valence-corrected chi connectivity index (χ1v) is 11.8. The number of carbonyl (C=O) groups is 2. The number of esters is 1. The predicted octanol–water partition coefficient (Wildman–Crippen LogP) is 4.62. The van der Waals surface area contributed by atoms with Crippen molar-refractivity contribution >= 4 is 17.6 Å². The summed E-state index contributed by atoms with van der Waals surface area (Å²) in [7, 11) is 3.01. The van der Waals surface area contributed by atoms with Crippen LogP contribution in [0.2, 0.25) is 0 Å². The lowest BCUT2D eigenvalue weighted by Crippen LogP contribution is -2.25. The highest BCUT2D eigenvalue weighted by atomic mass is 16.5. The number of anilines is 1. The summed E-state index contributed by atoms with van der Waals surface area (Å²) >= 11 is 0. The number of methoxy groups -OCH3 is 2. The van der Waals surface area contributed by atoms with Gasteiger partial charge in [-0.2, -0.15) is 0 Å². The summed E-state index contributed by atoms with van der Waals surface area (Å²) in [4.78, 5) is 25.8. The van der Waals surface area contributed by atoms with Gasteiger partial charge in [0.2, 0.25) is 5.91 Å². The summed E-state index contributed by atoms with van der Waals surface area (Å²) in [5, 5.41) is 0. The maximum atomic E-state index is 12.2. The summed E-state index contributed by atoms with van der Waals surface area (Å²) in [6.07, 6.45) is 5.58. The molecule has 2 aromatic carbocycles. The van der Waals surface area contributed by atoms with E-state index in [9.17, 15) is 9.59 Å². The van der Waals surface area contributed by atoms with Gasteiger partial charge in [-0.15, -0.1) is 0 Å². The summed E-state index contributed by atoms with van der Waals surface area (Å²) in [6, 6.07) is 11.6. The fourth-order valence-corrected chi connectivity index (χ4v) is 4.67. The van der Waals surface area contributed by atoms with Crippen LogP contribution in [0.5, 0.6) is 11.5 Å². The number of amides is 1. The van der Waals surface area contributed by atoms with Crippen molar-refractivity contribution in [3.8, 4) is 23.3 Å². The third-order valence-electron chi connectivity index (χ3n) is 6.53. The first-order valence-electron chi connectivity index (χ1n) is 11.8. The maximum Gasteiger partial charge on any atom is 0.307 e. The van der Waals surface area contributed by atoms with Crippen molar-refractivity contribution in [3.05, 3.63) is 53.1 Å². The quantitative estimate of drug-likeness (QED) is 0.464. The molecule has 34 heavy (non-hydrogen) atoms. The van der Waals surface area contributed by atoms with Gasteiger partial charge < -0.3 is 19.1 Å². The number of fused-ring (bicyclic) bond motifs is 1. The minimum Gasteiger partial charge on any atom is -0.493 e. The molecule has 1 aliphatic heterocycles. The standard InChI is InChI=1S/C28H31NO5/c1-19(30)29-15-14-23-16-20(9-12-25(23)29)8-10-22(18-28(31)33-3)21-11-13-26(32-2)27(17-21)34-24-6-4-5-7-24/h9,11-13,16-17,22,24H,4-7,14-15,18H2,1-3H3. The lowest BCUT2D eigenvalue weighted by Gasteiger charge is -2.18. The fraction of sp³-hybridized carbons (Fsp3) is 0.429. The Bertz CT molecular complexity index is 1120. The Morgan fingerprint density at radius 2 is 1.88 bits per heavy atom. The van der Waals surface area contributed by atoms with Gasteiger partial charge in [-0.05, 0) is 73.6 Å². The van der Waals surface area contributed by atoms with Gasteiger partial charge >= 0.3 is 5.97 Å². The normalized spacial score (nSPS) is 15.8. The van der Waals surface area contributed by atoms with Gasteiger partial charge in [0.1, 0.15) is 0 Å². The molecule has 2 aliphatic rings. The Balaban J connectivity index is 1.62. The zero-order valence-corrected chi connectivity index (χ0v) is 20.1. The maximum absolute atomic E-state index is 12.2. The molecule has 0 aromatic heterocycles. The highest BCUT2D eigenvalue weighted by Gasteiger charge is 2.23. The molecule has 1 unspecified atom stereocenters. The first-order chi connectivity index (χ1) is 16.5. The largest absolute Gasteiger partial charge is 0.493 e. The zero-order chi connectivity index (χ0) is 24.1. The molecule has 178 valence electrons. The molecule has 6 heteroatoms. The van der Waals surface area contributed by atoms with Crippen LogP contribution in [0.15, 0.2) is 36.4 Å². The van der Waals surface area contributed by atoms with E-state index in [1.54, 1.807) is 18.9 Å². The van der Waals surface area contributed by atoms with Crippen LogP contribution in [0.25, 0.3) is 0 Å². The van der Waals surface area contributed by atoms with Crippen LogP contribution in [0.1, 0.15) is 61.6 Å². The van der Waals surface area contributed by atoms with E-state index in [1.165, 1.54) is 20.0 Å². The van der Waals surface area contributed by atoms with Crippen LogP contribution >= 0.6 is 0 Å². The van der Waals surface area contributed by atoms with Crippen molar-refractivity contribution in [1.29, 1.82) is 0 Å². The molecule has 1 saturated carbocycles. The van der Waals surface area contributed by atoms with Gasteiger partial charge in [0.25, 0.3) is 0 Å². The minimum atomic E-state index is -0.355. The lowest BCUT2D eigenvalue weighted by molar-refractivity contribution is -0.140. The van der Waals surface area contributed by atoms with Gasteiger partial charge in [0, 0.05) is 24.7 Å². The monoisotopic (exact) mass is 461 g/mol. The van der Waals surface area contributed by atoms with E-state index in [2.05, 4.69) is 11.8 Å². The summed E-state index contributed by atoms with van der Waals surface area (Å²) in [5.41, 5.74) is 3.81. The van der Waals surface area contributed by atoms with E-state index in [0.717, 1.165) is 41.6 Å². The molecule has 0 N–H and O–H groups in total. The lowest BCUT2D eigenvalue weighted by atomic mass is 9.95. The third-order valence-corrected chi connectivity index (χ3v) is 6.53. The average molecular weight is 462 g/mol. The average Bonchev–Trinajstić information content (AvgIpc) is 3.51. The van der Waals surface area contributed by atoms with Crippen molar-refractivity contribution in [2.24, 2.45) is 0 Å². The number of ether oxygens (including phenoxy) is 3. The molecule has 1 amide bonds. The van der Waals surface area contributed by atoms with Gasteiger partial charge in [-0.25, -0.2) is 0 Å². The molecule has 1 atom stereocenters. The molecule has 1 aliphatic carbocycles. The number of hydrogen-bond donors (Lipinski definition) is 0. The van der Waals surface area contributed by atoms with E-state index in [1.807, 2.05) is 36.4 Å². The third kappa shape index (κ3) is 5.36. The van der Waals surface area contributed by atoms with Crippen LogP contribution in [-0.2, 0) is 20.7 Å². The van der Waals surface area contributed by atoms with E-state index in [4.69, 9.17) is 14.2 Å². The molecule has 0 bridgehead atoms. The second kappa shape index (κ2) is 10.6. The fourth-order valence-electron chi connectivity index (χ4n) is 4.67. The van der Waals surface area contributed by atoms with Crippen molar-refractivity contribution in [3.63, 3.8) is 0 Å². The van der Waals surface area contributed by atoms with Crippen LogP contribution < -0.4 is 14.4 Å². The van der Waals surface area contributed by atoms with Crippen molar-refractivity contribution < 1.29 is 23.8 Å². The van der Waals surface area contributed by atoms with E-state index in [-0.39, 0.29) is 30.3 Å². The molecule has 0 spiro atoms. The summed E-state index contributed by atoms with van der Waals surface area (Å²) in [6.45, 7) is 2.28. The Kier molecular flexibility index (Phi) is 7.42. The van der Waals surface area contributed by atoms with Crippen LogP contribution in [0.4, 0.5) is 5.69 Å². The van der Waals surface area contributed by atoms with E-state index < -0.39 is 0 Å². The number of hydrogen-bond acceptors (Lipinski definition) is 5. The van der Waals surface area contributed by atoms with Crippen molar-refractivity contribution in [2.45, 2.75) is 57.5 Å². The van der Waals surface area contributed by atoms with Gasteiger partial charge in [0.15, 0.2) is 11.5 Å². The Morgan fingerprint density at radius 1 is 1.09 bits per heavy atom. The molecular formula is C28H31NO5. The second-order valence-corrected chi connectivity index (χ2v) is 8.80. The summed E-state index contributed by atoms with van der Waals surface area (Å²) in [5.74, 6) is 7.24. The van der Waals surface area contributed by atoms with Gasteiger partial charge in [-0.3, -0.25) is 9.59 Å². The first kappa shape index (κ1) is 23.7. The van der Waals surface area contributed by atoms with Crippen molar-refractivity contribution in [1.82, 2.24) is 0 Å². The number of carbonyl (C=O) groups excluding carboxylic acids is 2. The smallest absolute Gasteiger partial charge is 0.307 e. The highest BCUT2D eigenvalue weighted by Crippen LogP contribution is 2.35. The SMILES string of the molecule is COC(=O)CC(C#Cc1ccc2c(c1)CCN2C(C)=O)c1ccc(OC)c(OC2CCCC2)c1. The van der Waals surface area contributed by atoms with Crippen LogP contribution in [-0.4, -0.2) is 38.7 Å². The van der Waals surface area contributed by atoms with Gasteiger partial charge in [-0.1, -0.05) is 17.9 Å². The van der Waals surface area contributed by atoms with Gasteiger partial charge in [0.05, 0.1) is 32.7 Å². The highest BCUT2D eigenvalue weighted by molar-refractivity contribution is 5.93. The minimum absolute atomic E-state index is 0.0471. The predicted molar refractivity (Wildman–Crippen MR) is 130 cm³/mol. The second-order valence-electron chi connectivity index (χ2n) is 8.80. The molecule has 1 heterocycles. The molecule has 6 nitrogen and oxygen atoms in total. The van der Waals surface area contributed by atoms with Crippen LogP contribution in [0, 0.1) is 11.8 Å². The number of rotatable bonds is 6. The molecule has 0 saturated heterocycles. The Morgan fingerprint density at radius 3 is 2.59 bits per heavy atom. The summed E-state index contributed by atoms with van der Waals surface area (Å²) < 4.78 is 16.7. The number of nitrogens with zero attached hydrogens (tertiary/aromatic N) is 1. The molecular weight excluding hydrogens is 430 g/mol.